The van der Waals surface area contributed by atoms with E-state index in [9.17, 15) is 9.90 Å². The fraction of sp³-hybridized carbons (Fsp3) is 0.720. The summed E-state index contributed by atoms with van der Waals surface area (Å²) in [5.41, 5.74) is 3.10. The first-order chi connectivity index (χ1) is 14.7. The molecule has 1 aromatic carbocycles. The van der Waals surface area contributed by atoms with Crippen LogP contribution in [0.4, 0.5) is 0 Å². The van der Waals surface area contributed by atoms with Crippen molar-refractivity contribution in [1.29, 1.82) is 0 Å². The van der Waals surface area contributed by atoms with Crippen molar-refractivity contribution in [2.75, 3.05) is 39.3 Å². The predicted molar refractivity (Wildman–Crippen MR) is 118 cm³/mol. The number of aliphatic hydroxyl groups is 1. The van der Waals surface area contributed by atoms with Gasteiger partial charge in [0.15, 0.2) is 0 Å². The topological polar surface area (TPSA) is 47.0 Å². The van der Waals surface area contributed by atoms with Crippen LogP contribution < -0.4 is 0 Å². The Balaban J connectivity index is 1.12. The highest BCUT2D eigenvalue weighted by atomic mass is 16.3. The van der Waals surface area contributed by atoms with Gasteiger partial charge in [-0.25, -0.2) is 0 Å². The Morgan fingerprint density at radius 3 is 2.13 bits per heavy atom. The van der Waals surface area contributed by atoms with Crippen molar-refractivity contribution in [3.63, 3.8) is 0 Å². The van der Waals surface area contributed by atoms with Gasteiger partial charge in [-0.1, -0.05) is 24.3 Å². The molecule has 5 heteroatoms. The molecule has 0 radical (unpaired) electrons. The fourth-order valence-electron chi connectivity index (χ4n) is 6.29. The molecule has 1 N–H and O–H groups in total. The summed E-state index contributed by atoms with van der Waals surface area (Å²) in [4.78, 5) is 20.4. The summed E-state index contributed by atoms with van der Waals surface area (Å²) in [5, 5.41) is 9.73. The fourth-order valence-corrected chi connectivity index (χ4v) is 6.29. The van der Waals surface area contributed by atoms with Gasteiger partial charge in [-0.3, -0.25) is 14.6 Å². The molecule has 0 bridgehead atoms. The number of fused-ring (bicyclic) bond motifs is 1. The van der Waals surface area contributed by atoms with Crippen molar-refractivity contribution in [3.8, 4) is 0 Å². The molecule has 0 aromatic heterocycles. The maximum atomic E-state index is 13.0. The first-order valence-corrected chi connectivity index (χ1v) is 12.2. The number of likely N-dealkylation sites (tertiary alicyclic amines) is 3. The molecule has 3 saturated heterocycles. The minimum absolute atomic E-state index is 0.163. The van der Waals surface area contributed by atoms with Gasteiger partial charge in [0.2, 0.25) is 5.91 Å². The molecule has 0 saturated carbocycles. The van der Waals surface area contributed by atoms with Crippen LogP contribution >= 0.6 is 0 Å². The van der Waals surface area contributed by atoms with E-state index in [-0.39, 0.29) is 12.0 Å². The molecule has 5 rings (SSSR count). The monoisotopic (exact) mass is 411 g/mol. The molecular weight excluding hydrogens is 374 g/mol. The van der Waals surface area contributed by atoms with Crippen LogP contribution in [0.15, 0.2) is 24.3 Å². The second-order valence-corrected chi connectivity index (χ2v) is 9.99. The largest absolute Gasteiger partial charge is 0.393 e. The Morgan fingerprint density at radius 2 is 1.47 bits per heavy atom. The number of hydrogen-bond donors (Lipinski definition) is 1. The zero-order valence-electron chi connectivity index (χ0n) is 18.2. The second-order valence-electron chi connectivity index (χ2n) is 9.99. The molecule has 4 aliphatic rings. The van der Waals surface area contributed by atoms with Gasteiger partial charge in [0.25, 0.3) is 0 Å². The van der Waals surface area contributed by atoms with Crippen LogP contribution in [-0.4, -0.2) is 83.2 Å². The van der Waals surface area contributed by atoms with Crippen LogP contribution in [-0.2, 0) is 17.6 Å². The summed E-state index contributed by atoms with van der Waals surface area (Å²) in [5.74, 6) is 0.504. The molecule has 1 aromatic rings. The Morgan fingerprint density at radius 1 is 0.800 bits per heavy atom. The zero-order valence-corrected chi connectivity index (χ0v) is 18.2. The van der Waals surface area contributed by atoms with Crippen molar-refractivity contribution in [3.05, 3.63) is 35.4 Å². The van der Waals surface area contributed by atoms with Gasteiger partial charge in [0, 0.05) is 31.7 Å². The van der Waals surface area contributed by atoms with E-state index in [0.29, 0.717) is 18.0 Å². The lowest BCUT2D eigenvalue weighted by atomic mass is 9.92. The number of rotatable bonds is 3. The molecule has 1 aliphatic carbocycles. The van der Waals surface area contributed by atoms with Crippen molar-refractivity contribution in [2.45, 2.75) is 69.6 Å². The van der Waals surface area contributed by atoms with Crippen LogP contribution in [0, 0.1) is 5.92 Å². The molecule has 0 spiro atoms. The number of piperidine rings is 3. The Hall–Kier alpha value is -1.43. The van der Waals surface area contributed by atoms with E-state index in [4.69, 9.17) is 0 Å². The van der Waals surface area contributed by atoms with Gasteiger partial charge in [0.05, 0.1) is 12.0 Å². The molecule has 3 aliphatic heterocycles. The normalized spacial score (nSPS) is 28.0. The van der Waals surface area contributed by atoms with E-state index in [1.165, 1.54) is 38.8 Å². The molecule has 5 nitrogen and oxygen atoms in total. The van der Waals surface area contributed by atoms with Gasteiger partial charge in [-0.05, 0) is 82.1 Å². The lowest BCUT2D eigenvalue weighted by molar-refractivity contribution is -0.139. The van der Waals surface area contributed by atoms with E-state index in [0.717, 1.165) is 51.9 Å². The first kappa shape index (κ1) is 20.5. The number of carbonyl (C=O) groups excluding carboxylic acids is 1. The minimum Gasteiger partial charge on any atom is -0.393 e. The number of aliphatic hydroxyl groups excluding tert-OH is 1. The SMILES string of the molecule is O=C([C@@H]1CCCN(C2CCN(C3Cc4ccccc4C3)CC2)C1)N1CCC(O)CC1. The summed E-state index contributed by atoms with van der Waals surface area (Å²) < 4.78 is 0. The molecule has 1 amide bonds. The lowest BCUT2D eigenvalue weighted by Crippen LogP contribution is -2.53. The number of amides is 1. The maximum Gasteiger partial charge on any atom is 0.226 e. The highest BCUT2D eigenvalue weighted by Crippen LogP contribution is 2.30. The summed E-state index contributed by atoms with van der Waals surface area (Å²) in [7, 11) is 0. The number of nitrogens with zero attached hydrogens (tertiary/aromatic N) is 3. The smallest absolute Gasteiger partial charge is 0.226 e. The van der Waals surface area contributed by atoms with E-state index in [2.05, 4.69) is 34.1 Å². The van der Waals surface area contributed by atoms with E-state index in [1.807, 2.05) is 4.90 Å². The number of hydrogen-bond acceptors (Lipinski definition) is 4. The third kappa shape index (κ3) is 4.30. The van der Waals surface area contributed by atoms with Crippen molar-refractivity contribution < 1.29 is 9.90 Å². The van der Waals surface area contributed by atoms with Gasteiger partial charge >= 0.3 is 0 Å². The summed E-state index contributed by atoms with van der Waals surface area (Å²) in [6.07, 6.45) is 8.36. The standard InChI is InChI=1S/C25H37N3O2/c29-24-9-14-27(15-10-24)25(30)21-6-3-11-28(18-21)22-7-12-26(13-8-22)23-16-19-4-1-2-5-20(19)17-23/h1-2,4-5,21-24,29H,3,6-18H2/t21-/m1/s1. The van der Waals surface area contributed by atoms with E-state index < -0.39 is 0 Å². The van der Waals surface area contributed by atoms with E-state index in [1.54, 1.807) is 11.1 Å². The molecular formula is C25H37N3O2. The molecule has 3 heterocycles. The van der Waals surface area contributed by atoms with Crippen molar-refractivity contribution in [2.24, 2.45) is 5.92 Å². The molecule has 164 valence electrons. The molecule has 1 atom stereocenters. The molecule has 0 unspecified atom stereocenters. The van der Waals surface area contributed by atoms with Crippen molar-refractivity contribution in [1.82, 2.24) is 14.7 Å². The van der Waals surface area contributed by atoms with Gasteiger partial charge < -0.3 is 10.0 Å². The highest BCUT2D eigenvalue weighted by Gasteiger charge is 2.36. The third-order valence-corrected chi connectivity index (χ3v) is 8.14. The summed E-state index contributed by atoms with van der Waals surface area (Å²) in [6, 6.07) is 10.3. The quantitative estimate of drug-likeness (QED) is 0.829. The lowest BCUT2D eigenvalue weighted by Gasteiger charge is -2.44. The van der Waals surface area contributed by atoms with Crippen LogP contribution in [0.25, 0.3) is 0 Å². The predicted octanol–water partition coefficient (Wildman–Crippen LogP) is 2.31. The van der Waals surface area contributed by atoms with Crippen molar-refractivity contribution >= 4 is 5.91 Å². The molecule has 3 fully saturated rings. The van der Waals surface area contributed by atoms with Crippen LogP contribution in [0.5, 0.6) is 0 Å². The average molecular weight is 412 g/mol. The minimum atomic E-state index is -0.213. The summed E-state index contributed by atoms with van der Waals surface area (Å²) in [6.45, 7) is 5.96. The summed E-state index contributed by atoms with van der Waals surface area (Å²) >= 11 is 0. The number of benzene rings is 1. The Bertz CT molecular complexity index is 713. The van der Waals surface area contributed by atoms with E-state index >= 15 is 0 Å². The maximum absolute atomic E-state index is 13.0. The zero-order chi connectivity index (χ0) is 20.5. The van der Waals surface area contributed by atoms with Gasteiger partial charge in [-0.15, -0.1) is 0 Å². The van der Waals surface area contributed by atoms with Crippen LogP contribution in [0.2, 0.25) is 0 Å². The highest BCUT2D eigenvalue weighted by molar-refractivity contribution is 5.79. The van der Waals surface area contributed by atoms with Crippen LogP contribution in [0.1, 0.15) is 49.7 Å². The first-order valence-electron chi connectivity index (χ1n) is 12.2. The third-order valence-electron chi connectivity index (χ3n) is 8.14. The van der Waals surface area contributed by atoms with Gasteiger partial charge in [0.1, 0.15) is 0 Å². The number of carbonyl (C=O) groups is 1. The van der Waals surface area contributed by atoms with Crippen LogP contribution in [0.3, 0.4) is 0 Å². The average Bonchev–Trinajstić information content (AvgIpc) is 3.24. The Kier molecular flexibility index (Phi) is 6.12. The Labute approximate surface area is 181 Å². The van der Waals surface area contributed by atoms with Gasteiger partial charge in [-0.2, -0.15) is 0 Å². The second kappa shape index (κ2) is 8.97. The molecule has 30 heavy (non-hydrogen) atoms.